The van der Waals surface area contributed by atoms with E-state index in [1.165, 1.54) is 12.3 Å². The third kappa shape index (κ3) is 3.15. The van der Waals surface area contributed by atoms with Crippen LogP contribution in [0.4, 0.5) is 5.69 Å². The maximum absolute atomic E-state index is 12.1. The van der Waals surface area contributed by atoms with E-state index in [-0.39, 0.29) is 5.91 Å². The lowest BCUT2D eigenvalue weighted by molar-refractivity contribution is -0.117. The number of carbonyl (C=O) groups excluding carboxylic acids is 3. The summed E-state index contributed by atoms with van der Waals surface area (Å²) in [4.78, 5) is 37.4. The van der Waals surface area contributed by atoms with Crippen molar-refractivity contribution in [3.63, 3.8) is 0 Å². The molecule has 1 aromatic carbocycles. The smallest absolute Gasteiger partial charge is 0.273 e. The first-order valence-electron chi connectivity index (χ1n) is 7.61. The minimum Gasteiger partial charge on any atom is -0.469 e. The molecule has 3 amide bonds. The predicted molar refractivity (Wildman–Crippen MR) is 86.4 cm³/mol. The average molecular weight is 327 g/mol. The predicted octanol–water partition coefficient (Wildman–Crippen LogP) is 1.79. The summed E-state index contributed by atoms with van der Waals surface area (Å²) in [6.07, 6.45) is 2.81. The van der Waals surface area contributed by atoms with Gasteiger partial charge in [-0.05, 0) is 43.7 Å². The van der Waals surface area contributed by atoms with Crippen LogP contribution in [0, 0.1) is 6.92 Å². The molecule has 1 saturated heterocycles. The van der Waals surface area contributed by atoms with Crippen LogP contribution in [0.25, 0.3) is 0 Å². The van der Waals surface area contributed by atoms with Gasteiger partial charge >= 0.3 is 0 Å². The van der Waals surface area contributed by atoms with Gasteiger partial charge in [-0.15, -0.1) is 0 Å². The maximum Gasteiger partial charge on any atom is 0.273 e. The standard InChI is InChI=1S/C17H17N3O4/c1-11-14(8-10-24-11)17(23)19-18-16(22)12-4-6-13(7-5-12)20-9-2-3-15(20)21/h4-8,10H,2-3,9H2,1H3,(H,18,22)(H,19,23). The van der Waals surface area contributed by atoms with Crippen LogP contribution in [0.1, 0.15) is 39.3 Å². The lowest BCUT2D eigenvalue weighted by Gasteiger charge is -2.15. The van der Waals surface area contributed by atoms with Crippen molar-refractivity contribution in [3.8, 4) is 0 Å². The van der Waals surface area contributed by atoms with Crippen LogP contribution in [0.5, 0.6) is 0 Å². The molecule has 2 heterocycles. The first kappa shape index (κ1) is 15.8. The molecular weight excluding hydrogens is 310 g/mol. The van der Waals surface area contributed by atoms with Gasteiger partial charge in [0.2, 0.25) is 5.91 Å². The first-order valence-corrected chi connectivity index (χ1v) is 7.61. The summed E-state index contributed by atoms with van der Waals surface area (Å²) in [5.41, 5.74) is 6.20. The van der Waals surface area contributed by atoms with Gasteiger partial charge in [0.15, 0.2) is 0 Å². The molecule has 2 aromatic rings. The van der Waals surface area contributed by atoms with Gasteiger partial charge in [-0.3, -0.25) is 25.2 Å². The van der Waals surface area contributed by atoms with Gasteiger partial charge in [-0.1, -0.05) is 0 Å². The number of carbonyl (C=O) groups is 3. The first-order chi connectivity index (χ1) is 11.6. The highest BCUT2D eigenvalue weighted by Gasteiger charge is 2.21. The Kier molecular flexibility index (Phi) is 4.33. The average Bonchev–Trinajstić information content (AvgIpc) is 3.20. The third-order valence-electron chi connectivity index (χ3n) is 3.91. The molecule has 7 nitrogen and oxygen atoms in total. The van der Waals surface area contributed by atoms with Crippen molar-refractivity contribution >= 4 is 23.4 Å². The Labute approximate surface area is 138 Å². The van der Waals surface area contributed by atoms with Crippen LogP contribution < -0.4 is 15.8 Å². The monoisotopic (exact) mass is 327 g/mol. The van der Waals surface area contributed by atoms with Crippen molar-refractivity contribution in [2.24, 2.45) is 0 Å². The van der Waals surface area contributed by atoms with Gasteiger partial charge in [0.25, 0.3) is 11.8 Å². The normalized spacial score (nSPS) is 13.9. The lowest BCUT2D eigenvalue weighted by atomic mass is 10.2. The van der Waals surface area contributed by atoms with Crippen molar-refractivity contribution in [1.82, 2.24) is 10.9 Å². The van der Waals surface area contributed by atoms with Crippen molar-refractivity contribution in [1.29, 1.82) is 0 Å². The number of nitrogens with one attached hydrogen (secondary N) is 2. The molecule has 1 aliphatic rings. The second-order valence-electron chi connectivity index (χ2n) is 5.49. The Bertz CT molecular complexity index is 779. The molecular formula is C17H17N3O4. The molecule has 1 aliphatic heterocycles. The van der Waals surface area contributed by atoms with Crippen molar-refractivity contribution in [3.05, 3.63) is 53.5 Å². The van der Waals surface area contributed by atoms with Crippen molar-refractivity contribution in [2.45, 2.75) is 19.8 Å². The summed E-state index contributed by atoms with van der Waals surface area (Å²) in [6.45, 7) is 2.36. The number of benzene rings is 1. The number of aryl methyl sites for hydroxylation is 1. The molecule has 3 rings (SSSR count). The number of nitrogens with zero attached hydrogens (tertiary/aromatic N) is 1. The Morgan fingerprint density at radius 2 is 1.79 bits per heavy atom. The van der Waals surface area contributed by atoms with Gasteiger partial charge in [-0.2, -0.15) is 0 Å². The molecule has 7 heteroatoms. The maximum atomic E-state index is 12.1. The highest BCUT2D eigenvalue weighted by molar-refractivity contribution is 6.00. The van der Waals surface area contributed by atoms with Gasteiger partial charge in [0, 0.05) is 24.2 Å². The largest absolute Gasteiger partial charge is 0.469 e. The van der Waals surface area contributed by atoms with Crippen LogP contribution in [-0.4, -0.2) is 24.3 Å². The van der Waals surface area contributed by atoms with E-state index in [4.69, 9.17) is 4.42 Å². The summed E-state index contributed by atoms with van der Waals surface area (Å²) in [6, 6.07) is 8.20. The Hall–Kier alpha value is -3.09. The zero-order chi connectivity index (χ0) is 17.1. The number of furan rings is 1. The van der Waals surface area contributed by atoms with Gasteiger partial charge < -0.3 is 9.32 Å². The van der Waals surface area contributed by atoms with Gasteiger partial charge in [0.1, 0.15) is 5.76 Å². The number of anilines is 1. The van der Waals surface area contributed by atoms with Crippen LogP contribution >= 0.6 is 0 Å². The summed E-state index contributed by atoms with van der Waals surface area (Å²) in [5, 5.41) is 0. The van der Waals surface area contributed by atoms with Crippen molar-refractivity contribution in [2.75, 3.05) is 11.4 Å². The number of hydrogen-bond donors (Lipinski definition) is 2. The highest BCUT2D eigenvalue weighted by Crippen LogP contribution is 2.21. The summed E-state index contributed by atoms with van der Waals surface area (Å²) >= 11 is 0. The van der Waals surface area contributed by atoms with Crippen LogP contribution in [-0.2, 0) is 4.79 Å². The van der Waals surface area contributed by atoms with Crippen LogP contribution in [0.3, 0.4) is 0 Å². The quantitative estimate of drug-likeness (QED) is 0.841. The molecule has 0 radical (unpaired) electrons. The fourth-order valence-corrected chi connectivity index (χ4v) is 2.59. The lowest BCUT2D eigenvalue weighted by Crippen LogP contribution is -2.41. The summed E-state index contributed by atoms with van der Waals surface area (Å²) in [7, 11) is 0. The fraction of sp³-hybridized carbons (Fsp3) is 0.235. The number of hydrogen-bond acceptors (Lipinski definition) is 4. The highest BCUT2D eigenvalue weighted by atomic mass is 16.3. The third-order valence-corrected chi connectivity index (χ3v) is 3.91. The minimum absolute atomic E-state index is 0.0925. The second kappa shape index (κ2) is 6.57. The van der Waals surface area contributed by atoms with Gasteiger partial charge in [-0.25, -0.2) is 0 Å². The molecule has 0 saturated carbocycles. The molecule has 0 unspecified atom stereocenters. The number of amides is 3. The number of hydrazine groups is 1. The topological polar surface area (TPSA) is 91.7 Å². The SMILES string of the molecule is Cc1occc1C(=O)NNC(=O)c1ccc(N2CCCC2=O)cc1. The van der Waals surface area contributed by atoms with Crippen molar-refractivity contribution < 1.29 is 18.8 Å². The zero-order valence-electron chi connectivity index (χ0n) is 13.2. The number of rotatable bonds is 3. The summed E-state index contributed by atoms with van der Waals surface area (Å²) in [5.74, 6) is -0.325. The Morgan fingerprint density at radius 3 is 2.38 bits per heavy atom. The van der Waals surface area contributed by atoms with Gasteiger partial charge in [0.05, 0.1) is 11.8 Å². The molecule has 24 heavy (non-hydrogen) atoms. The molecule has 1 fully saturated rings. The second-order valence-corrected chi connectivity index (χ2v) is 5.49. The minimum atomic E-state index is -0.450. The molecule has 0 bridgehead atoms. The van der Waals surface area contributed by atoms with E-state index < -0.39 is 11.8 Å². The van der Waals surface area contributed by atoms with E-state index in [1.807, 2.05) is 0 Å². The Balaban J connectivity index is 1.60. The summed E-state index contributed by atoms with van der Waals surface area (Å²) < 4.78 is 5.04. The molecule has 0 spiro atoms. The molecule has 124 valence electrons. The molecule has 0 aliphatic carbocycles. The van der Waals surface area contributed by atoms with E-state index >= 15 is 0 Å². The molecule has 1 aromatic heterocycles. The van der Waals surface area contributed by atoms with E-state index in [9.17, 15) is 14.4 Å². The molecule has 0 atom stereocenters. The Morgan fingerprint density at radius 1 is 1.08 bits per heavy atom. The van der Waals surface area contributed by atoms with Crippen LogP contribution in [0.15, 0.2) is 41.0 Å². The van der Waals surface area contributed by atoms with E-state index in [0.717, 1.165) is 12.1 Å². The zero-order valence-corrected chi connectivity index (χ0v) is 13.2. The van der Waals surface area contributed by atoms with Crippen LogP contribution in [0.2, 0.25) is 0 Å². The molecule has 2 N–H and O–H groups in total. The van der Waals surface area contributed by atoms with E-state index in [2.05, 4.69) is 10.9 Å². The fourth-order valence-electron chi connectivity index (χ4n) is 2.59. The van der Waals surface area contributed by atoms with E-state index in [1.54, 1.807) is 36.1 Å². The van der Waals surface area contributed by atoms with E-state index in [0.29, 0.717) is 29.9 Å².